The van der Waals surface area contributed by atoms with Crippen LogP contribution in [0, 0.1) is 0 Å². The van der Waals surface area contributed by atoms with Gasteiger partial charge in [-0.2, -0.15) is 0 Å². The van der Waals surface area contributed by atoms with E-state index in [0.717, 1.165) is 13.1 Å². The van der Waals surface area contributed by atoms with Crippen LogP contribution in [0.1, 0.15) is 36.1 Å². The van der Waals surface area contributed by atoms with E-state index in [1.165, 1.54) is 35.2 Å². The number of nitrogens with two attached hydrogens (primary N) is 1. The summed E-state index contributed by atoms with van der Waals surface area (Å²) < 4.78 is 0. The highest BCUT2D eigenvalue weighted by atomic mass is 15.1. The summed E-state index contributed by atoms with van der Waals surface area (Å²) in [7, 11) is 0. The Bertz CT molecular complexity index is 575. The number of hydrogen-bond acceptors (Lipinski definition) is 2. The van der Waals surface area contributed by atoms with Gasteiger partial charge in [-0.25, -0.2) is 0 Å². The van der Waals surface area contributed by atoms with Crippen LogP contribution in [0.3, 0.4) is 0 Å². The van der Waals surface area contributed by atoms with E-state index in [9.17, 15) is 0 Å². The maximum Gasteiger partial charge on any atom is 0.0429 e. The molecule has 0 bridgehead atoms. The molecule has 1 heterocycles. The average Bonchev–Trinajstić information content (AvgIpc) is 2.48. The maximum atomic E-state index is 5.99. The Labute approximate surface area is 121 Å². The molecule has 104 valence electrons. The molecule has 0 radical (unpaired) electrons. The van der Waals surface area contributed by atoms with Crippen LogP contribution < -0.4 is 10.6 Å². The molecule has 1 atom stereocenters. The van der Waals surface area contributed by atoms with Gasteiger partial charge in [-0.05, 0) is 42.5 Å². The molecule has 1 aliphatic heterocycles. The standard InChI is InChI=1S/C18H22N2/c1-14(19)16-9-10-18-17(12-16)8-5-11-20(18)13-15-6-3-2-4-7-15/h2-4,6-7,9-10,12,14H,5,8,11,13,19H2,1H3. The van der Waals surface area contributed by atoms with Crippen LogP contribution in [-0.4, -0.2) is 6.54 Å². The van der Waals surface area contributed by atoms with Gasteiger partial charge >= 0.3 is 0 Å². The van der Waals surface area contributed by atoms with E-state index in [0.29, 0.717) is 0 Å². The molecule has 20 heavy (non-hydrogen) atoms. The SMILES string of the molecule is CC(N)c1ccc2c(c1)CCCN2Cc1ccccc1. The van der Waals surface area contributed by atoms with Gasteiger partial charge in [-0.1, -0.05) is 42.5 Å². The van der Waals surface area contributed by atoms with E-state index in [1.807, 2.05) is 6.92 Å². The van der Waals surface area contributed by atoms with Crippen molar-refractivity contribution in [2.45, 2.75) is 32.4 Å². The van der Waals surface area contributed by atoms with Crippen molar-refractivity contribution in [3.8, 4) is 0 Å². The summed E-state index contributed by atoms with van der Waals surface area (Å²) in [6.45, 7) is 4.18. The highest BCUT2D eigenvalue weighted by Crippen LogP contribution is 2.30. The number of benzene rings is 2. The van der Waals surface area contributed by atoms with Crippen LogP contribution in [0.2, 0.25) is 0 Å². The zero-order valence-electron chi connectivity index (χ0n) is 12.0. The van der Waals surface area contributed by atoms with Gasteiger partial charge in [-0.15, -0.1) is 0 Å². The summed E-state index contributed by atoms with van der Waals surface area (Å²) in [4.78, 5) is 2.49. The minimum absolute atomic E-state index is 0.116. The summed E-state index contributed by atoms with van der Waals surface area (Å²) in [6.07, 6.45) is 2.39. The topological polar surface area (TPSA) is 29.3 Å². The summed E-state index contributed by atoms with van der Waals surface area (Å²) >= 11 is 0. The quantitative estimate of drug-likeness (QED) is 0.918. The molecule has 3 rings (SSSR count). The normalized spacial score (nSPS) is 15.8. The lowest BCUT2D eigenvalue weighted by atomic mass is 9.96. The van der Waals surface area contributed by atoms with E-state index in [4.69, 9.17) is 5.73 Å². The van der Waals surface area contributed by atoms with Gasteiger partial charge in [0.15, 0.2) is 0 Å². The maximum absolute atomic E-state index is 5.99. The zero-order valence-corrected chi connectivity index (χ0v) is 12.0. The van der Waals surface area contributed by atoms with Crippen LogP contribution in [0.15, 0.2) is 48.5 Å². The van der Waals surface area contributed by atoms with Gasteiger partial charge in [0.25, 0.3) is 0 Å². The van der Waals surface area contributed by atoms with Crippen molar-refractivity contribution in [1.82, 2.24) is 0 Å². The minimum atomic E-state index is 0.116. The molecule has 2 nitrogen and oxygen atoms in total. The van der Waals surface area contributed by atoms with Crippen LogP contribution >= 0.6 is 0 Å². The van der Waals surface area contributed by atoms with Crippen molar-refractivity contribution < 1.29 is 0 Å². The summed E-state index contributed by atoms with van der Waals surface area (Å²) in [5, 5.41) is 0. The highest BCUT2D eigenvalue weighted by molar-refractivity contribution is 5.57. The summed E-state index contributed by atoms with van der Waals surface area (Å²) in [5.41, 5.74) is 11.4. The molecule has 1 unspecified atom stereocenters. The number of anilines is 1. The average molecular weight is 266 g/mol. The molecule has 1 aliphatic rings. The fraction of sp³-hybridized carbons (Fsp3) is 0.333. The molecule has 2 aromatic carbocycles. The molecule has 0 fully saturated rings. The minimum Gasteiger partial charge on any atom is -0.367 e. The number of aryl methyl sites for hydroxylation is 1. The molecule has 0 aliphatic carbocycles. The van der Waals surface area contributed by atoms with Crippen LogP contribution in [0.5, 0.6) is 0 Å². The van der Waals surface area contributed by atoms with Crippen LogP contribution in [-0.2, 0) is 13.0 Å². The number of nitrogens with zero attached hydrogens (tertiary/aromatic N) is 1. The highest BCUT2D eigenvalue weighted by Gasteiger charge is 2.17. The Morgan fingerprint density at radius 2 is 1.95 bits per heavy atom. The fourth-order valence-electron chi connectivity index (χ4n) is 2.95. The molecule has 0 spiro atoms. The van der Waals surface area contributed by atoms with E-state index in [1.54, 1.807) is 0 Å². The first kappa shape index (κ1) is 13.2. The Balaban J connectivity index is 1.86. The second kappa shape index (κ2) is 5.68. The Hall–Kier alpha value is -1.80. The predicted molar refractivity (Wildman–Crippen MR) is 84.9 cm³/mol. The molecule has 0 saturated heterocycles. The number of rotatable bonds is 3. The lowest BCUT2D eigenvalue weighted by molar-refractivity contribution is 0.688. The summed E-state index contributed by atoms with van der Waals surface area (Å²) in [5.74, 6) is 0. The van der Waals surface area contributed by atoms with Crippen molar-refractivity contribution in [2.24, 2.45) is 5.73 Å². The van der Waals surface area contributed by atoms with Crippen LogP contribution in [0.4, 0.5) is 5.69 Å². The molecule has 0 aromatic heterocycles. The molecular weight excluding hydrogens is 244 g/mol. The van der Waals surface area contributed by atoms with Crippen molar-refractivity contribution >= 4 is 5.69 Å². The molecule has 2 N–H and O–H groups in total. The van der Waals surface area contributed by atoms with Gasteiger partial charge in [0, 0.05) is 24.8 Å². The second-order valence-corrected chi connectivity index (χ2v) is 5.69. The lowest BCUT2D eigenvalue weighted by Gasteiger charge is -2.32. The lowest BCUT2D eigenvalue weighted by Crippen LogP contribution is -2.29. The van der Waals surface area contributed by atoms with Crippen molar-refractivity contribution in [3.63, 3.8) is 0 Å². The smallest absolute Gasteiger partial charge is 0.0429 e. The first-order valence-corrected chi connectivity index (χ1v) is 7.41. The number of hydrogen-bond donors (Lipinski definition) is 1. The Morgan fingerprint density at radius 3 is 2.70 bits per heavy atom. The van der Waals surface area contributed by atoms with Gasteiger partial charge in [0.05, 0.1) is 0 Å². The van der Waals surface area contributed by atoms with Gasteiger partial charge < -0.3 is 10.6 Å². The first-order chi connectivity index (χ1) is 9.74. The summed E-state index contributed by atoms with van der Waals surface area (Å²) in [6, 6.07) is 17.5. The van der Waals surface area contributed by atoms with Gasteiger partial charge in [-0.3, -0.25) is 0 Å². The Kier molecular flexibility index (Phi) is 3.75. The van der Waals surface area contributed by atoms with E-state index in [2.05, 4.69) is 53.4 Å². The zero-order chi connectivity index (χ0) is 13.9. The Morgan fingerprint density at radius 1 is 1.15 bits per heavy atom. The molecule has 2 aromatic rings. The molecule has 0 amide bonds. The van der Waals surface area contributed by atoms with E-state index < -0.39 is 0 Å². The van der Waals surface area contributed by atoms with Crippen molar-refractivity contribution in [2.75, 3.05) is 11.4 Å². The monoisotopic (exact) mass is 266 g/mol. The largest absolute Gasteiger partial charge is 0.367 e. The molecule has 0 saturated carbocycles. The second-order valence-electron chi connectivity index (χ2n) is 5.69. The number of fused-ring (bicyclic) bond motifs is 1. The van der Waals surface area contributed by atoms with Crippen molar-refractivity contribution in [1.29, 1.82) is 0 Å². The third-order valence-electron chi connectivity index (χ3n) is 4.06. The van der Waals surface area contributed by atoms with Crippen molar-refractivity contribution in [3.05, 3.63) is 65.2 Å². The predicted octanol–water partition coefficient (Wildman–Crippen LogP) is 3.66. The third-order valence-corrected chi connectivity index (χ3v) is 4.06. The van der Waals surface area contributed by atoms with E-state index >= 15 is 0 Å². The van der Waals surface area contributed by atoms with Gasteiger partial charge in [0.1, 0.15) is 0 Å². The third kappa shape index (κ3) is 2.70. The molecular formula is C18H22N2. The first-order valence-electron chi connectivity index (χ1n) is 7.41. The van der Waals surface area contributed by atoms with Gasteiger partial charge in [0.2, 0.25) is 0 Å². The fourth-order valence-corrected chi connectivity index (χ4v) is 2.95. The van der Waals surface area contributed by atoms with Crippen LogP contribution in [0.25, 0.3) is 0 Å². The van der Waals surface area contributed by atoms with E-state index in [-0.39, 0.29) is 6.04 Å². The molecule has 2 heteroatoms.